The summed E-state index contributed by atoms with van der Waals surface area (Å²) in [6, 6.07) is 5.79. The van der Waals surface area contributed by atoms with E-state index in [1.807, 2.05) is 25.9 Å². The number of nitrogens with zero attached hydrogens (tertiary/aromatic N) is 2. The maximum Gasteiger partial charge on any atom is 0.269 e. The topological polar surface area (TPSA) is 63.4 Å². The van der Waals surface area contributed by atoms with Gasteiger partial charge in [-0.2, -0.15) is 0 Å². The van der Waals surface area contributed by atoms with E-state index in [0.717, 1.165) is 5.56 Å². The second-order valence-electron chi connectivity index (χ2n) is 4.03. The lowest BCUT2D eigenvalue weighted by molar-refractivity contribution is -0.384. The van der Waals surface area contributed by atoms with Gasteiger partial charge in [-0.15, -0.1) is 0 Å². The molecule has 5 heteroatoms. The molecule has 0 spiro atoms. The maximum absolute atomic E-state index is 11.8. The van der Waals surface area contributed by atoms with E-state index >= 15 is 0 Å². The van der Waals surface area contributed by atoms with Gasteiger partial charge in [-0.05, 0) is 19.7 Å². The molecule has 0 radical (unpaired) electrons. The molecule has 0 N–H and O–H groups in total. The zero-order valence-corrected chi connectivity index (χ0v) is 10.2. The Kier molecular flexibility index (Phi) is 4.34. The van der Waals surface area contributed by atoms with Crippen LogP contribution in [0.15, 0.2) is 24.3 Å². The minimum absolute atomic E-state index is 0.0372. The lowest BCUT2D eigenvalue weighted by atomic mass is 10.00. The van der Waals surface area contributed by atoms with Crippen LogP contribution in [0, 0.1) is 10.1 Å². The summed E-state index contributed by atoms with van der Waals surface area (Å²) in [5, 5.41) is 10.5. The number of carbonyl (C=O) groups is 1. The number of likely N-dealkylation sites (N-methyl/N-ethyl adjacent to an activating group) is 1. The first-order valence-corrected chi connectivity index (χ1v) is 5.40. The van der Waals surface area contributed by atoms with Gasteiger partial charge < -0.3 is 0 Å². The van der Waals surface area contributed by atoms with E-state index in [1.54, 1.807) is 12.1 Å². The molecule has 0 aliphatic rings. The fourth-order valence-corrected chi connectivity index (χ4v) is 1.74. The Morgan fingerprint density at radius 1 is 1.35 bits per heavy atom. The van der Waals surface area contributed by atoms with Gasteiger partial charge in [0.2, 0.25) is 0 Å². The number of hydrogen-bond acceptors (Lipinski definition) is 4. The second-order valence-corrected chi connectivity index (χ2v) is 4.03. The molecule has 0 bridgehead atoms. The minimum atomic E-state index is -0.448. The highest BCUT2D eigenvalue weighted by Crippen LogP contribution is 2.23. The van der Waals surface area contributed by atoms with Crippen molar-refractivity contribution in [2.75, 3.05) is 14.1 Å². The summed E-state index contributed by atoms with van der Waals surface area (Å²) in [6.45, 7) is 1.81. The third kappa shape index (κ3) is 3.10. The SMILES string of the molecule is CCC(=O)C(c1ccc([N+](=O)[O-])cc1)N(C)C. The van der Waals surface area contributed by atoms with Crippen molar-refractivity contribution in [3.05, 3.63) is 39.9 Å². The predicted molar refractivity (Wildman–Crippen MR) is 64.8 cm³/mol. The standard InChI is InChI=1S/C12H16N2O3/c1-4-11(15)12(13(2)3)9-5-7-10(8-6-9)14(16)17/h5-8,12H,4H2,1-3H3. The number of ketones is 1. The van der Waals surface area contributed by atoms with Gasteiger partial charge >= 0.3 is 0 Å². The van der Waals surface area contributed by atoms with Gasteiger partial charge in [-0.3, -0.25) is 19.8 Å². The van der Waals surface area contributed by atoms with Crippen LogP contribution in [0.3, 0.4) is 0 Å². The number of non-ortho nitro benzene ring substituents is 1. The summed E-state index contributed by atoms with van der Waals surface area (Å²) >= 11 is 0. The van der Waals surface area contributed by atoms with Crippen LogP contribution >= 0.6 is 0 Å². The molecule has 5 nitrogen and oxygen atoms in total. The first kappa shape index (κ1) is 13.3. The van der Waals surface area contributed by atoms with E-state index < -0.39 is 4.92 Å². The molecule has 0 aliphatic heterocycles. The monoisotopic (exact) mass is 236 g/mol. The van der Waals surface area contributed by atoms with Crippen LogP contribution in [0.5, 0.6) is 0 Å². The van der Waals surface area contributed by atoms with Crippen molar-refractivity contribution in [1.82, 2.24) is 4.90 Å². The van der Waals surface area contributed by atoms with Crippen LogP contribution in [0.4, 0.5) is 5.69 Å². The summed E-state index contributed by atoms with van der Waals surface area (Å²) < 4.78 is 0. The number of Topliss-reactive ketones (excluding diaryl/α,β-unsaturated/α-hetero) is 1. The molecule has 0 amide bonds. The Morgan fingerprint density at radius 2 is 1.88 bits per heavy atom. The van der Waals surface area contributed by atoms with Crippen LogP contribution < -0.4 is 0 Å². The van der Waals surface area contributed by atoms with Crippen LogP contribution in [0.2, 0.25) is 0 Å². The van der Waals surface area contributed by atoms with E-state index in [4.69, 9.17) is 0 Å². The third-order valence-electron chi connectivity index (χ3n) is 2.59. The van der Waals surface area contributed by atoms with Gasteiger partial charge in [0.25, 0.3) is 5.69 Å². The highest BCUT2D eigenvalue weighted by atomic mass is 16.6. The third-order valence-corrected chi connectivity index (χ3v) is 2.59. The van der Waals surface area contributed by atoms with Crippen LogP contribution in [-0.2, 0) is 4.79 Å². The quantitative estimate of drug-likeness (QED) is 0.580. The first-order chi connectivity index (χ1) is 7.97. The smallest absolute Gasteiger partial charge is 0.269 e. The molecule has 92 valence electrons. The number of rotatable bonds is 5. The highest BCUT2D eigenvalue weighted by molar-refractivity contribution is 5.85. The van der Waals surface area contributed by atoms with Crippen molar-refractivity contribution >= 4 is 11.5 Å². The minimum Gasteiger partial charge on any atom is -0.298 e. The maximum atomic E-state index is 11.8. The summed E-state index contributed by atoms with van der Waals surface area (Å²) in [5.74, 6) is 0.101. The Balaban J connectivity index is 3.03. The molecular formula is C12H16N2O3. The molecule has 17 heavy (non-hydrogen) atoms. The molecule has 1 aromatic carbocycles. The molecular weight excluding hydrogens is 220 g/mol. The molecule has 0 saturated heterocycles. The van der Waals surface area contributed by atoms with Crippen LogP contribution in [0.1, 0.15) is 24.9 Å². The van der Waals surface area contributed by atoms with Gasteiger partial charge in [-0.1, -0.05) is 19.1 Å². The lowest BCUT2D eigenvalue weighted by Crippen LogP contribution is -2.27. The number of carbonyl (C=O) groups excluding carboxylic acids is 1. The van der Waals surface area contributed by atoms with Crippen LogP contribution in [0.25, 0.3) is 0 Å². The fraction of sp³-hybridized carbons (Fsp3) is 0.417. The second kappa shape index (κ2) is 5.54. The van der Waals surface area contributed by atoms with Crippen molar-refractivity contribution in [3.8, 4) is 0 Å². The molecule has 1 unspecified atom stereocenters. The molecule has 0 aliphatic carbocycles. The summed E-state index contributed by atoms with van der Waals surface area (Å²) in [5.41, 5.74) is 0.822. The molecule has 1 atom stereocenters. The highest BCUT2D eigenvalue weighted by Gasteiger charge is 2.21. The van der Waals surface area contributed by atoms with E-state index in [9.17, 15) is 14.9 Å². The summed E-state index contributed by atoms with van der Waals surface area (Å²) in [7, 11) is 3.64. The molecule has 0 heterocycles. The molecule has 0 aromatic heterocycles. The van der Waals surface area contributed by atoms with Crippen molar-refractivity contribution in [3.63, 3.8) is 0 Å². The average molecular weight is 236 g/mol. The van der Waals surface area contributed by atoms with E-state index in [2.05, 4.69) is 0 Å². The van der Waals surface area contributed by atoms with Crippen LogP contribution in [-0.4, -0.2) is 29.7 Å². The van der Waals surface area contributed by atoms with E-state index in [0.29, 0.717) is 6.42 Å². The van der Waals surface area contributed by atoms with Gasteiger partial charge in [0.1, 0.15) is 0 Å². The Hall–Kier alpha value is -1.75. The number of hydrogen-bond donors (Lipinski definition) is 0. The number of benzene rings is 1. The van der Waals surface area contributed by atoms with Gasteiger partial charge in [0.05, 0.1) is 11.0 Å². The van der Waals surface area contributed by atoms with Crippen molar-refractivity contribution in [2.45, 2.75) is 19.4 Å². The van der Waals surface area contributed by atoms with Crippen molar-refractivity contribution < 1.29 is 9.72 Å². The average Bonchev–Trinajstić information content (AvgIpc) is 2.29. The molecule has 1 rings (SSSR count). The first-order valence-electron chi connectivity index (χ1n) is 5.40. The van der Waals surface area contributed by atoms with Crippen molar-refractivity contribution in [1.29, 1.82) is 0 Å². The van der Waals surface area contributed by atoms with Gasteiger partial charge in [0, 0.05) is 18.6 Å². The summed E-state index contributed by atoms with van der Waals surface area (Å²) in [4.78, 5) is 23.7. The number of nitro benzene ring substituents is 1. The summed E-state index contributed by atoms with van der Waals surface area (Å²) in [6.07, 6.45) is 0.444. The normalized spacial score (nSPS) is 12.5. The van der Waals surface area contributed by atoms with Crippen molar-refractivity contribution in [2.24, 2.45) is 0 Å². The Morgan fingerprint density at radius 3 is 2.24 bits per heavy atom. The van der Waals surface area contributed by atoms with Gasteiger partial charge in [0.15, 0.2) is 5.78 Å². The molecule has 0 fully saturated rings. The Labute approximate surface area is 100 Å². The fourth-order valence-electron chi connectivity index (χ4n) is 1.74. The zero-order chi connectivity index (χ0) is 13.0. The molecule has 1 aromatic rings. The zero-order valence-electron chi connectivity index (χ0n) is 10.2. The largest absolute Gasteiger partial charge is 0.298 e. The lowest BCUT2D eigenvalue weighted by Gasteiger charge is -2.22. The van der Waals surface area contributed by atoms with E-state index in [-0.39, 0.29) is 17.5 Å². The number of nitro groups is 1. The van der Waals surface area contributed by atoms with E-state index in [1.165, 1.54) is 12.1 Å². The van der Waals surface area contributed by atoms with Gasteiger partial charge in [-0.25, -0.2) is 0 Å². The molecule has 0 saturated carbocycles. The predicted octanol–water partition coefficient (Wildman–Crippen LogP) is 2.18. The Bertz CT molecular complexity index is 412.